The van der Waals surface area contributed by atoms with Gasteiger partial charge in [-0.15, -0.1) is 0 Å². The molecule has 5 nitrogen and oxygen atoms in total. The Morgan fingerprint density at radius 1 is 0.964 bits per heavy atom. The molecule has 1 heterocycles. The van der Waals surface area contributed by atoms with Crippen LogP contribution >= 0.6 is 0 Å². The molecule has 1 atom stereocenters. The average Bonchev–Trinajstić information content (AvgIpc) is 2.74. The van der Waals surface area contributed by atoms with E-state index in [-0.39, 0.29) is 6.61 Å². The van der Waals surface area contributed by atoms with Gasteiger partial charge < -0.3 is 19.5 Å². The number of piperazine rings is 1. The molecule has 0 unspecified atom stereocenters. The first-order valence-electron chi connectivity index (χ1n) is 10.0. The second-order valence-corrected chi connectivity index (χ2v) is 7.39. The van der Waals surface area contributed by atoms with Gasteiger partial charge in [-0.25, -0.2) is 0 Å². The largest absolute Gasteiger partial charge is 0.497 e. The van der Waals surface area contributed by atoms with Crippen molar-refractivity contribution in [2.75, 3.05) is 47.0 Å². The van der Waals surface area contributed by atoms with Gasteiger partial charge in [-0.2, -0.15) is 0 Å². The monoisotopic (exact) mass is 384 g/mol. The number of aliphatic hydroxyl groups is 1. The van der Waals surface area contributed by atoms with Crippen molar-refractivity contribution in [1.29, 1.82) is 0 Å². The lowest BCUT2D eigenvalue weighted by molar-refractivity contribution is 0.0543. The molecule has 0 aromatic heterocycles. The number of hydrogen-bond donors (Lipinski definition) is 1. The van der Waals surface area contributed by atoms with E-state index in [1.165, 1.54) is 11.1 Å². The topological polar surface area (TPSA) is 45.2 Å². The van der Waals surface area contributed by atoms with E-state index in [1.807, 2.05) is 6.07 Å². The van der Waals surface area contributed by atoms with E-state index in [4.69, 9.17) is 9.47 Å². The third-order valence-electron chi connectivity index (χ3n) is 5.51. The summed E-state index contributed by atoms with van der Waals surface area (Å²) in [6, 6.07) is 17.0. The van der Waals surface area contributed by atoms with Crippen molar-refractivity contribution in [2.45, 2.75) is 25.4 Å². The summed E-state index contributed by atoms with van der Waals surface area (Å²) in [7, 11) is 3.36. The van der Waals surface area contributed by atoms with Crippen LogP contribution in [0.4, 0.5) is 0 Å². The molecule has 1 saturated heterocycles. The zero-order valence-electron chi connectivity index (χ0n) is 17.0. The van der Waals surface area contributed by atoms with E-state index in [0.717, 1.165) is 57.1 Å². The van der Waals surface area contributed by atoms with Gasteiger partial charge in [0.2, 0.25) is 0 Å². The van der Waals surface area contributed by atoms with Crippen molar-refractivity contribution in [3.8, 4) is 11.5 Å². The SMILES string of the molecule is COc1cc(CN2CCN(CCc3ccccc3)C[C@H]2CCO)cc(OC)c1. The summed E-state index contributed by atoms with van der Waals surface area (Å²) in [5, 5.41) is 9.58. The van der Waals surface area contributed by atoms with Gasteiger partial charge in [0, 0.05) is 51.4 Å². The summed E-state index contributed by atoms with van der Waals surface area (Å²) >= 11 is 0. The minimum absolute atomic E-state index is 0.217. The van der Waals surface area contributed by atoms with Crippen molar-refractivity contribution in [3.63, 3.8) is 0 Å². The van der Waals surface area contributed by atoms with Crippen LogP contribution in [0, 0.1) is 0 Å². The van der Waals surface area contributed by atoms with Gasteiger partial charge in [-0.1, -0.05) is 30.3 Å². The fraction of sp³-hybridized carbons (Fsp3) is 0.478. The first kappa shape index (κ1) is 20.6. The van der Waals surface area contributed by atoms with Crippen molar-refractivity contribution in [1.82, 2.24) is 9.80 Å². The summed E-state index contributed by atoms with van der Waals surface area (Å²) in [5.74, 6) is 1.63. The van der Waals surface area contributed by atoms with Gasteiger partial charge in [0.1, 0.15) is 11.5 Å². The molecule has 0 spiro atoms. The summed E-state index contributed by atoms with van der Waals surface area (Å²) in [4.78, 5) is 5.00. The maximum atomic E-state index is 9.58. The third-order valence-corrected chi connectivity index (χ3v) is 5.51. The predicted molar refractivity (Wildman–Crippen MR) is 112 cm³/mol. The van der Waals surface area contributed by atoms with Gasteiger partial charge >= 0.3 is 0 Å². The zero-order valence-corrected chi connectivity index (χ0v) is 17.0. The Morgan fingerprint density at radius 2 is 1.68 bits per heavy atom. The van der Waals surface area contributed by atoms with Crippen LogP contribution in [0.3, 0.4) is 0 Å². The second kappa shape index (κ2) is 10.5. The van der Waals surface area contributed by atoms with Gasteiger partial charge in [-0.05, 0) is 36.1 Å². The van der Waals surface area contributed by atoms with Crippen molar-refractivity contribution in [3.05, 3.63) is 59.7 Å². The molecule has 0 radical (unpaired) electrons. The van der Waals surface area contributed by atoms with Crippen LogP contribution in [-0.4, -0.2) is 68.0 Å². The third kappa shape index (κ3) is 5.71. The van der Waals surface area contributed by atoms with Crippen LogP contribution in [0.5, 0.6) is 11.5 Å². The van der Waals surface area contributed by atoms with Crippen molar-refractivity contribution in [2.24, 2.45) is 0 Å². The van der Waals surface area contributed by atoms with Crippen molar-refractivity contribution < 1.29 is 14.6 Å². The van der Waals surface area contributed by atoms with E-state index in [2.05, 4.69) is 52.3 Å². The number of aliphatic hydroxyl groups excluding tert-OH is 1. The number of hydrogen-bond acceptors (Lipinski definition) is 5. The highest BCUT2D eigenvalue weighted by molar-refractivity contribution is 5.38. The van der Waals surface area contributed by atoms with Crippen LogP contribution in [0.1, 0.15) is 17.5 Å². The van der Waals surface area contributed by atoms with Gasteiger partial charge in [0.05, 0.1) is 14.2 Å². The van der Waals surface area contributed by atoms with E-state index in [1.54, 1.807) is 14.2 Å². The summed E-state index contributed by atoms with van der Waals surface area (Å²) in [5.41, 5.74) is 2.56. The summed E-state index contributed by atoms with van der Waals surface area (Å²) in [6.07, 6.45) is 1.86. The number of benzene rings is 2. The Balaban J connectivity index is 1.61. The fourth-order valence-electron chi connectivity index (χ4n) is 3.92. The maximum Gasteiger partial charge on any atom is 0.122 e. The van der Waals surface area contributed by atoms with Crippen LogP contribution < -0.4 is 9.47 Å². The molecule has 3 rings (SSSR count). The number of ether oxygens (including phenoxy) is 2. The molecule has 1 N–H and O–H groups in total. The van der Waals surface area contributed by atoms with Gasteiger partial charge in [-0.3, -0.25) is 4.90 Å². The Kier molecular flexibility index (Phi) is 7.71. The van der Waals surface area contributed by atoms with E-state index >= 15 is 0 Å². The van der Waals surface area contributed by atoms with E-state index < -0.39 is 0 Å². The van der Waals surface area contributed by atoms with Crippen LogP contribution in [-0.2, 0) is 13.0 Å². The molecule has 0 bridgehead atoms. The smallest absolute Gasteiger partial charge is 0.122 e. The summed E-state index contributed by atoms with van der Waals surface area (Å²) in [6.45, 7) is 5.16. The molecule has 28 heavy (non-hydrogen) atoms. The molecule has 1 aliphatic rings. The van der Waals surface area contributed by atoms with Crippen LogP contribution in [0.15, 0.2) is 48.5 Å². The number of nitrogens with zero attached hydrogens (tertiary/aromatic N) is 2. The molecule has 2 aromatic rings. The molecular weight excluding hydrogens is 352 g/mol. The van der Waals surface area contributed by atoms with Gasteiger partial charge in [0.15, 0.2) is 0 Å². The van der Waals surface area contributed by atoms with Crippen molar-refractivity contribution >= 4 is 0 Å². The lowest BCUT2D eigenvalue weighted by Gasteiger charge is -2.41. The summed E-state index contributed by atoms with van der Waals surface area (Å²) < 4.78 is 10.8. The zero-order chi connectivity index (χ0) is 19.8. The fourth-order valence-corrected chi connectivity index (χ4v) is 3.92. The number of methoxy groups -OCH3 is 2. The molecule has 0 amide bonds. The molecule has 1 fully saturated rings. The highest BCUT2D eigenvalue weighted by Crippen LogP contribution is 2.25. The Morgan fingerprint density at radius 3 is 2.32 bits per heavy atom. The maximum absolute atomic E-state index is 9.58. The minimum Gasteiger partial charge on any atom is -0.497 e. The first-order valence-corrected chi connectivity index (χ1v) is 10.0. The highest BCUT2D eigenvalue weighted by atomic mass is 16.5. The lowest BCUT2D eigenvalue weighted by atomic mass is 10.1. The highest BCUT2D eigenvalue weighted by Gasteiger charge is 2.26. The lowest BCUT2D eigenvalue weighted by Crippen LogP contribution is -2.53. The first-order chi connectivity index (χ1) is 13.7. The molecule has 2 aromatic carbocycles. The molecule has 1 aliphatic heterocycles. The molecule has 0 saturated carbocycles. The molecule has 0 aliphatic carbocycles. The van der Waals surface area contributed by atoms with Crippen LogP contribution in [0.2, 0.25) is 0 Å². The second-order valence-electron chi connectivity index (χ2n) is 7.39. The standard InChI is InChI=1S/C23H32N2O3/c1-27-22-14-20(15-23(16-22)28-2)17-25-12-11-24(18-21(25)9-13-26)10-8-19-6-4-3-5-7-19/h3-7,14-16,21,26H,8-13,17-18H2,1-2H3/t21-/m1/s1. The normalized spacial score (nSPS) is 18.2. The predicted octanol–water partition coefficient (Wildman–Crippen LogP) is 2.82. The molecule has 5 heteroatoms. The Bertz CT molecular complexity index is 701. The van der Waals surface area contributed by atoms with E-state index in [9.17, 15) is 5.11 Å². The Labute approximate surface area is 168 Å². The molecular formula is C23H32N2O3. The quantitative estimate of drug-likeness (QED) is 0.720. The van der Waals surface area contributed by atoms with E-state index in [0.29, 0.717) is 6.04 Å². The molecule has 152 valence electrons. The minimum atomic E-state index is 0.217. The van der Waals surface area contributed by atoms with Gasteiger partial charge in [0.25, 0.3) is 0 Å². The average molecular weight is 385 g/mol. The van der Waals surface area contributed by atoms with Crippen LogP contribution in [0.25, 0.3) is 0 Å². The number of rotatable bonds is 9. The Hall–Kier alpha value is -2.08.